The Labute approximate surface area is 121 Å². The third-order valence-electron chi connectivity index (χ3n) is 3.24. The molecule has 0 saturated heterocycles. The molecule has 0 heterocycles. The number of benzene rings is 1. The quantitative estimate of drug-likeness (QED) is 0.780. The summed E-state index contributed by atoms with van der Waals surface area (Å²) >= 11 is 0. The largest absolute Gasteiger partial charge is 0.399 e. The number of nitrogens with zero attached hydrogens (tertiary/aromatic N) is 1. The van der Waals surface area contributed by atoms with Gasteiger partial charge in [-0.25, -0.2) is 0 Å². The predicted molar refractivity (Wildman–Crippen MR) is 82.6 cm³/mol. The summed E-state index contributed by atoms with van der Waals surface area (Å²) < 4.78 is 5.09. The number of ether oxygens (including phenoxy) is 1. The van der Waals surface area contributed by atoms with Crippen LogP contribution in [0.4, 0.5) is 5.69 Å². The van der Waals surface area contributed by atoms with Crippen LogP contribution in [0.3, 0.4) is 0 Å². The van der Waals surface area contributed by atoms with E-state index in [0.717, 1.165) is 12.1 Å². The lowest BCUT2D eigenvalue weighted by Gasteiger charge is -2.27. The molecule has 1 amide bonds. The molecule has 4 heteroatoms. The number of nitrogens with two attached hydrogens (primary N) is 1. The van der Waals surface area contributed by atoms with Gasteiger partial charge in [-0.3, -0.25) is 4.79 Å². The standard InChI is InChI=1S/C16H26N2O2/c1-12(2)11-18(8-9-20-4)16(19)13(3)14-6-5-7-15(17)10-14/h5-7,10,12-13H,8-9,11,17H2,1-4H3. The molecule has 1 aromatic rings. The predicted octanol–water partition coefficient (Wildman–Crippen LogP) is 2.50. The first-order valence-electron chi connectivity index (χ1n) is 7.08. The van der Waals surface area contributed by atoms with E-state index >= 15 is 0 Å². The number of hydrogen-bond donors (Lipinski definition) is 1. The first-order chi connectivity index (χ1) is 9.45. The monoisotopic (exact) mass is 278 g/mol. The summed E-state index contributed by atoms with van der Waals surface area (Å²) in [5.74, 6) is 0.374. The van der Waals surface area contributed by atoms with Crippen molar-refractivity contribution in [2.75, 3.05) is 32.5 Å². The van der Waals surface area contributed by atoms with Crippen LogP contribution in [0, 0.1) is 5.92 Å². The third kappa shape index (κ3) is 4.85. The van der Waals surface area contributed by atoms with Gasteiger partial charge in [-0.2, -0.15) is 0 Å². The Balaban J connectivity index is 2.81. The molecule has 0 radical (unpaired) electrons. The zero-order valence-electron chi connectivity index (χ0n) is 12.9. The van der Waals surface area contributed by atoms with E-state index < -0.39 is 0 Å². The lowest BCUT2D eigenvalue weighted by atomic mass is 9.98. The Morgan fingerprint density at radius 3 is 2.60 bits per heavy atom. The summed E-state index contributed by atoms with van der Waals surface area (Å²) in [6.45, 7) is 8.07. The van der Waals surface area contributed by atoms with Crippen LogP contribution in [0.5, 0.6) is 0 Å². The smallest absolute Gasteiger partial charge is 0.229 e. The zero-order valence-corrected chi connectivity index (χ0v) is 12.9. The summed E-state index contributed by atoms with van der Waals surface area (Å²) in [6.07, 6.45) is 0. The van der Waals surface area contributed by atoms with E-state index in [0.29, 0.717) is 24.8 Å². The van der Waals surface area contributed by atoms with Crippen LogP contribution < -0.4 is 5.73 Å². The fraction of sp³-hybridized carbons (Fsp3) is 0.562. The van der Waals surface area contributed by atoms with Crippen molar-refractivity contribution in [1.82, 2.24) is 4.90 Å². The van der Waals surface area contributed by atoms with Crippen LogP contribution in [0.1, 0.15) is 32.3 Å². The van der Waals surface area contributed by atoms with Gasteiger partial charge in [0.2, 0.25) is 5.91 Å². The van der Waals surface area contributed by atoms with Gasteiger partial charge >= 0.3 is 0 Å². The fourth-order valence-electron chi connectivity index (χ4n) is 2.18. The second-order valence-corrected chi connectivity index (χ2v) is 5.56. The number of nitrogen functional groups attached to an aromatic ring is 1. The highest BCUT2D eigenvalue weighted by atomic mass is 16.5. The van der Waals surface area contributed by atoms with Gasteiger partial charge in [0.05, 0.1) is 12.5 Å². The minimum atomic E-state index is -0.186. The van der Waals surface area contributed by atoms with Gasteiger partial charge in [0, 0.05) is 25.9 Å². The van der Waals surface area contributed by atoms with Crippen LogP contribution in [0.2, 0.25) is 0 Å². The van der Waals surface area contributed by atoms with Gasteiger partial charge in [-0.15, -0.1) is 0 Å². The van der Waals surface area contributed by atoms with Crippen molar-refractivity contribution in [2.45, 2.75) is 26.7 Å². The van der Waals surface area contributed by atoms with Gasteiger partial charge in [0.1, 0.15) is 0 Å². The van der Waals surface area contributed by atoms with Crippen LogP contribution in [0.25, 0.3) is 0 Å². The average molecular weight is 278 g/mol. The van der Waals surface area contributed by atoms with E-state index in [9.17, 15) is 4.79 Å². The van der Waals surface area contributed by atoms with Crippen LogP contribution in [0.15, 0.2) is 24.3 Å². The maximum absolute atomic E-state index is 12.6. The Hall–Kier alpha value is -1.55. The molecule has 0 aliphatic carbocycles. The minimum absolute atomic E-state index is 0.126. The Kier molecular flexibility index (Phi) is 6.52. The molecule has 2 N–H and O–H groups in total. The van der Waals surface area contributed by atoms with Gasteiger partial charge < -0.3 is 15.4 Å². The second-order valence-electron chi connectivity index (χ2n) is 5.56. The number of carbonyl (C=O) groups excluding carboxylic acids is 1. The molecule has 1 aromatic carbocycles. The minimum Gasteiger partial charge on any atom is -0.399 e. The third-order valence-corrected chi connectivity index (χ3v) is 3.24. The number of methoxy groups -OCH3 is 1. The van der Waals surface area contributed by atoms with Gasteiger partial charge in [-0.05, 0) is 30.5 Å². The topological polar surface area (TPSA) is 55.6 Å². The van der Waals surface area contributed by atoms with E-state index in [1.54, 1.807) is 7.11 Å². The fourth-order valence-corrected chi connectivity index (χ4v) is 2.18. The van der Waals surface area contributed by atoms with Crippen LogP contribution >= 0.6 is 0 Å². The highest BCUT2D eigenvalue weighted by Crippen LogP contribution is 2.20. The highest BCUT2D eigenvalue weighted by molar-refractivity contribution is 5.83. The molecule has 4 nitrogen and oxygen atoms in total. The van der Waals surface area contributed by atoms with Crippen molar-refractivity contribution in [3.63, 3.8) is 0 Å². The molecule has 0 aliphatic heterocycles. The molecule has 1 rings (SSSR count). The molecule has 1 atom stereocenters. The Bertz CT molecular complexity index is 432. The lowest BCUT2D eigenvalue weighted by Crippen LogP contribution is -2.39. The number of carbonyl (C=O) groups is 1. The summed E-state index contributed by atoms with van der Waals surface area (Å²) in [4.78, 5) is 14.5. The van der Waals surface area contributed by atoms with Crippen molar-refractivity contribution in [3.8, 4) is 0 Å². The molecular weight excluding hydrogens is 252 g/mol. The van der Waals surface area contributed by atoms with Crippen molar-refractivity contribution in [3.05, 3.63) is 29.8 Å². The molecule has 0 bridgehead atoms. The molecule has 0 fully saturated rings. The normalized spacial score (nSPS) is 12.4. The molecule has 0 spiro atoms. The second kappa shape index (κ2) is 7.90. The van der Waals surface area contributed by atoms with Gasteiger partial charge in [-0.1, -0.05) is 26.0 Å². The number of rotatable bonds is 7. The summed E-state index contributed by atoms with van der Waals surface area (Å²) in [7, 11) is 1.65. The SMILES string of the molecule is COCCN(CC(C)C)C(=O)C(C)c1cccc(N)c1. The van der Waals surface area contributed by atoms with Crippen LogP contribution in [-0.4, -0.2) is 37.6 Å². The first-order valence-corrected chi connectivity index (χ1v) is 7.08. The summed E-state index contributed by atoms with van der Waals surface area (Å²) in [6, 6.07) is 7.53. The highest BCUT2D eigenvalue weighted by Gasteiger charge is 2.22. The van der Waals surface area contributed by atoms with E-state index in [2.05, 4.69) is 13.8 Å². The van der Waals surface area contributed by atoms with Crippen molar-refractivity contribution in [1.29, 1.82) is 0 Å². The molecule has 0 saturated carbocycles. The molecule has 0 aliphatic rings. The molecule has 0 aromatic heterocycles. The van der Waals surface area contributed by atoms with E-state index in [1.165, 1.54) is 0 Å². The van der Waals surface area contributed by atoms with Crippen LogP contribution in [-0.2, 0) is 9.53 Å². The van der Waals surface area contributed by atoms with Crippen molar-refractivity contribution in [2.24, 2.45) is 5.92 Å². The Morgan fingerprint density at radius 1 is 1.35 bits per heavy atom. The number of hydrogen-bond acceptors (Lipinski definition) is 3. The number of anilines is 1. The maximum atomic E-state index is 12.6. The molecular formula is C16H26N2O2. The average Bonchev–Trinajstić information content (AvgIpc) is 2.41. The van der Waals surface area contributed by atoms with Gasteiger partial charge in [0.25, 0.3) is 0 Å². The van der Waals surface area contributed by atoms with Gasteiger partial charge in [0.15, 0.2) is 0 Å². The summed E-state index contributed by atoms with van der Waals surface area (Å²) in [5, 5.41) is 0. The van der Waals surface area contributed by atoms with Crippen molar-refractivity contribution < 1.29 is 9.53 Å². The van der Waals surface area contributed by atoms with E-state index in [-0.39, 0.29) is 11.8 Å². The first kappa shape index (κ1) is 16.5. The van der Waals surface area contributed by atoms with E-state index in [4.69, 9.17) is 10.5 Å². The molecule has 1 unspecified atom stereocenters. The zero-order chi connectivity index (χ0) is 15.1. The molecule has 20 heavy (non-hydrogen) atoms. The molecule has 112 valence electrons. The maximum Gasteiger partial charge on any atom is 0.229 e. The Morgan fingerprint density at radius 2 is 2.05 bits per heavy atom. The van der Waals surface area contributed by atoms with Crippen molar-refractivity contribution >= 4 is 11.6 Å². The lowest BCUT2D eigenvalue weighted by molar-refractivity contribution is -0.133. The van der Waals surface area contributed by atoms with E-state index in [1.807, 2.05) is 36.1 Å². The number of amides is 1. The summed E-state index contributed by atoms with van der Waals surface area (Å²) in [5.41, 5.74) is 7.44.